The highest BCUT2D eigenvalue weighted by Crippen LogP contribution is 2.29. The Bertz CT molecular complexity index is 1090. The standard InChI is InChI=1S/C24H25N5O/c1-4-30-21-15-13-20(14-16-21)25-22(19-11-6-5-7-12-19)24-26-27-28-29(24)23-17(2)9-8-10-18(23)3/h5-16,22,25H,4H2,1-3H3. The van der Waals surface area contributed by atoms with Crippen LogP contribution in [0.15, 0.2) is 72.8 Å². The van der Waals surface area contributed by atoms with E-state index in [0.29, 0.717) is 6.61 Å². The van der Waals surface area contributed by atoms with Crippen molar-refractivity contribution in [2.75, 3.05) is 11.9 Å². The maximum atomic E-state index is 5.56. The molecule has 0 radical (unpaired) electrons. The first-order valence-corrected chi connectivity index (χ1v) is 10.1. The van der Waals surface area contributed by atoms with Gasteiger partial charge in [0.15, 0.2) is 5.82 Å². The van der Waals surface area contributed by atoms with Crippen LogP contribution in [-0.2, 0) is 0 Å². The van der Waals surface area contributed by atoms with Gasteiger partial charge in [-0.05, 0) is 72.2 Å². The Balaban J connectivity index is 1.76. The molecule has 0 saturated carbocycles. The molecule has 1 unspecified atom stereocenters. The quantitative estimate of drug-likeness (QED) is 0.480. The number of hydrogen-bond acceptors (Lipinski definition) is 5. The molecule has 1 heterocycles. The van der Waals surface area contributed by atoms with Gasteiger partial charge < -0.3 is 10.1 Å². The SMILES string of the molecule is CCOc1ccc(NC(c2ccccc2)c2nnnn2-c2c(C)cccc2C)cc1. The number of rotatable bonds is 7. The molecule has 4 aromatic rings. The molecule has 30 heavy (non-hydrogen) atoms. The minimum atomic E-state index is -0.224. The lowest BCUT2D eigenvalue weighted by Gasteiger charge is -2.21. The van der Waals surface area contributed by atoms with E-state index in [1.807, 2.05) is 60.1 Å². The molecule has 0 amide bonds. The second-order valence-corrected chi connectivity index (χ2v) is 7.13. The lowest BCUT2D eigenvalue weighted by atomic mass is 10.0. The molecule has 0 aliphatic rings. The molecule has 0 spiro atoms. The number of aromatic nitrogens is 4. The second kappa shape index (κ2) is 8.78. The molecule has 6 heteroatoms. The number of tetrazole rings is 1. The minimum absolute atomic E-state index is 0.224. The first-order chi connectivity index (χ1) is 14.7. The molecule has 4 rings (SSSR count). The number of benzene rings is 3. The molecule has 0 aliphatic heterocycles. The molecule has 0 bridgehead atoms. The van der Waals surface area contributed by atoms with Crippen molar-refractivity contribution in [3.8, 4) is 11.4 Å². The van der Waals surface area contributed by atoms with Gasteiger partial charge in [0.1, 0.15) is 11.8 Å². The van der Waals surface area contributed by atoms with E-state index in [9.17, 15) is 0 Å². The van der Waals surface area contributed by atoms with Crippen LogP contribution in [-0.4, -0.2) is 26.8 Å². The molecule has 0 saturated heterocycles. The van der Waals surface area contributed by atoms with Crippen molar-refractivity contribution in [1.82, 2.24) is 20.2 Å². The van der Waals surface area contributed by atoms with Crippen LogP contribution in [0.5, 0.6) is 5.75 Å². The van der Waals surface area contributed by atoms with E-state index >= 15 is 0 Å². The van der Waals surface area contributed by atoms with Gasteiger partial charge in [-0.1, -0.05) is 48.5 Å². The van der Waals surface area contributed by atoms with Crippen LogP contribution in [0, 0.1) is 13.8 Å². The van der Waals surface area contributed by atoms with Crippen LogP contribution in [0.1, 0.15) is 35.5 Å². The molecule has 3 aromatic carbocycles. The zero-order valence-corrected chi connectivity index (χ0v) is 17.4. The summed E-state index contributed by atoms with van der Waals surface area (Å²) >= 11 is 0. The number of aryl methyl sites for hydroxylation is 2. The van der Waals surface area contributed by atoms with Gasteiger partial charge >= 0.3 is 0 Å². The largest absolute Gasteiger partial charge is 0.494 e. The third-order valence-electron chi connectivity index (χ3n) is 5.01. The molecular formula is C24H25N5O. The molecule has 0 aliphatic carbocycles. The van der Waals surface area contributed by atoms with Crippen LogP contribution in [0.2, 0.25) is 0 Å². The third kappa shape index (κ3) is 4.03. The maximum Gasteiger partial charge on any atom is 0.183 e. The van der Waals surface area contributed by atoms with Crippen LogP contribution >= 0.6 is 0 Å². The van der Waals surface area contributed by atoms with E-state index in [4.69, 9.17) is 4.74 Å². The lowest BCUT2D eigenvalue weighted by Crippen LogP contribution is -2.19. The summed E-state index contributed by atoms with van der Waals surface area (Å²) in [4.78, 5) is 0. The second-order valence-electron chi connectivity index (χ2n) is 7.13. The summed E-state index contributed by atoms with van der Waals surface area (Å²) < 4.78 is 7.40. The van der Waals surface area contributed by atoms with Crippen molar-refractivity contribution in [2.24, 2.45) is 0 Å². The number of hydrogen-bond donors (Lipinski definition) is 1. The van der Waals surface area contributed by atoms with E-state index in [1.165, 1.54) is 0 Å². The van der Waals surface area contributed by atoms with Crippen LogP contribution in [0.3, 0.4) is 0 Å². The Morgan fingerprint density at radius 3 is 2.27 bits per heavy atom. The molecule has 152 valence electrons. The fourth-order valence-electron chi connectivity index (χ4n) is 3.60. The van der Waals surface area contributed by atoms with Crippen molar-refractivity contribution in [1.29, 1.82) is 0 Å². The average Bonchev–Trinajstić information content (AvgIpc) is 3.23. The summed E-state index contributed by atoms with van der Waals surface area (Å²) in [6, 6.07) is 24.1. The van der Waals surface area contributed by atoms with Gasteiger partial charge in [0.05, 0.1) is 12.3 Å². The summed E-state index contributed by atoms with van der Waals surface area (Å²) in [6.07, 6.45) is 0. The predicted octanol–water partition coefficient (Wildman–Crippen LogP) is 4.88. The molecule has 0 fully saturated rings. The van der Waals surface area contributed by atoms with Gasteiger partial charge in [-0.25, -0.2) is 0 Å². The van der Waals surface area contributed by atoms with Crippen LogP contribution < -0.4 is 10.1 Å². The van der Waals surface area contributed by atoms with Gasteiger partial charge in [-0.3, -0.25) is 0 Å². The van der Waals surface area contributed by atoms with Gasteiger partial charge in [0, 0.05) is 5.69 Å². The Hall–Kier alpha value is -3.67. The highest BCUT2D eigenvalue weighted by Gasteiger charge is 2.23. The topological polar surface area (TPSA) is 64.9 Å². The monoisotopic (exact) mass is 399 g/mol. The predicted molar refractivity (Wildman–Crippen MR) is 118 cm³/mol. The number of anilines is 1. The summed E-state index contributed by atoms with van der Waals surface area (Å²) in [5.41, 5.74) is 5.29. The first-order valence-electron chi connectivity index (χ1n) is 10.1. The number of nitrogens with one attached hydrogen (secondary N) is 1. The van der Waals surface area contributed by atoms with E-state index in [2.05, 4.69) is 59.0 Å². The van der Waals surface area contributed by atoms with Gasteiger partial charge in [0.2, 0.25) is 0 Å². The van der Waals surface area contributed by atoms with Crippen molar-refractivity contribution >= 4 is 5.69 Å². The third-order valence-corrected chi connectivity index (χ3v) is 5.01. The Labute approximate surface area is 176 Å². The van der Waals surface area contributed by atoms with E-state index in [-0.39, 0.29) is 6.04 Å². The number of ether oxygens (including phenoxy) is 1. The van der Waals surface area contributed by atoms with Crippen molar-refractivity contribution in [2.45, 2.75) is 26.8 Å². The van der Waals surface area contributed by atoms with Gasteiger partial charge in [0.25, 0.3) is 0 Å². The fraction of sp³-hybridized carbons (Fsp3) is 0.208. The fourth-order valence-corrected chi connectivity index (χ4v) is 3.60. The Kier molecular flexibility index (Phi) is 5.75. The summed E-state index contributed by atoms with van der Waals surface area (Å²) in [5, 5.41) is 16.3. The Morgan fingerprint density at radius 1 is 0.900 bits per heavy atom. The normalized spacial score (nSPS) is 11.8. The van der Waals surface area contributed by atoms with Crippen molar-refractivity contribution in [3.05, 3.63) is 95.3 Å². The number of para-hydroxylation sites is 1. The van der Waals surface area contributed by atoms with Gasteiger partial charge in [-0.2, -0.15) is 4.68 Å². The molecule has 1 aromatic heterocycles. The van der Waals surface area contributed by atoms with E-state index < -0.39 is 0 Å². The lowest BCUT2D eigenvalue weighted by molar-refractivity contribution is 0.340. The molecule has 1 N–H and O–H groups in total. The maximum absolute atomic E-state index is 5.56. The smallest absolute Gasteiger partial charge is 0.183 e. The molecule has 1 atom stereocenters. The van der Waals surface area contributed by atoms with Crippen LogP contribution in [0.25, 0.3) is 5.69 Å². The zero-order valence-electron chi connectivity index (χ0n) is 17.4. The Morgan fingerprint density at radius 2 is 1.60 bits per heavy atom. The molecular weight excluding hydrogens is 374 g/mol. The zero-order chi connectivity index (χ0) is 20.9. The van der Waals surface area contributed by atoms with Crippen molar-refractivity contribution < 1.29 is 4.74 Å². The summed E-state index contributed by atoms with van der Waals surface area (Å²) in [6.45, 7) is 6.77. The average molecular weight is 399 g/mol. The molecule has 6 nitrogen and oxygen atoms in total. The first kappa shape index (κ1) is 19.6. The van der Waals surface area contributed by atoms with E-state index in [1.54, 1.807) is 0 Å². The number of nitrogens with zero attached hydrogens (tertiary/aromatic N) is 4. The summed E-state index contributed by atoms with van der Waals surface area (Å²) in [7, 11) is 0. The van der Waals surface area contributed by atoms with Crippen LogP contribution in [0.4, 0.5) is 5.69 Å². The van der Waals surface area contributed by atoms with Gasteiger partial charge in [-0.15, -0.1) is 5.10 Å². The minimum Gasteiger partial charge on any atom is -0.494 e. The summed E-state index contributed by atoms with van der Waals surface area (Å²) in [5.74, 6) is 1.58. The van der Waals surface area contributed by atoms with E-state index in [0.717, 1.165) is 39.6 Å². The van der Waals surface area contributed by atoms with Crippen molar-refractivity contribution in [3.63, 3.8) is 0 Å². The highest BCUT2D eigenvalue weighted by molar-refractivity contribution is 5.52. The highest BCUT2D eigenvalue weighted by atomic mass is 16.5.